The predicted molar refractivity (Wildman–Crippen MR) is 92.0 cm³/mol. The highest BCUT2D eigenvalue weighted by Crippen LogP contribution is 2.30. The molecule has 0 aromatic heterocycles. The van der Waals surface area contributed by atoms with Crippen molar-refractivity contribution in [1.82, 2.24) is 0 Å². The largest absolute Gasteiger partial charge is 0.488 e. The number of hydrogen-bond donors (Lipinski definition) is 0. The van der Waals surface area contributed by atoms with E-state index in [2.05, 4.69) is 4.99 Å². The Kier molecular flexibility index (Phi) is 3.86. The van der Waals surface area contributed by atoms with E-state index >= 15 is 0 Å². The van der Waals surface area contributed by atoms with Gasteiger partial charge in [-0.25, -0.2) is 14.2 Å². The van der Waals surface area contributed by atoms with Crippen LogP contribution >= 0.6 is 11.6 Å². The normalized spacial score (nSPS) is 17.5. The van der Waals surface area contributed by atoms with Crippen LogP contribution in [0.5, 0.6) is 5.75 Å². The summed E-state index contributed by atoms with van der Waals surface area (Å²) < 4.78 is 24.5. The summed E-state index contributed by atoms with van der Waals surface area (Å²) >= 11 is 5.99. The zero-order valence-corrected chi connectivity index (χ0v) is 13.6. The van der Waals surface area contributed by atoms with Gasteiger partial charge in [0.05, 0.1) is 5.56 Å². The molecule has 2 aromatic rings. The second kappa shape index (κ2) is 6.18. The third-order valence-electron chi connectivity index (χ3n) is 3.75. The van der Waals surface area contributed by atoms with E-state index < -0.39 is 11.8 Å². The predicted octanol–water partition coefficient (Wildman–Crippen LogP) is 4.14. The first-order valence-electron chi connectivity index (χ1n) is 7.50. The van der Waals surface area contributed by atoms with Gasteiger partial charge in [-0.2, -0.15) is 0 Å². The molecule has 0 fully saturated rings. The van der Waals surface area contributed by atoms with Crippen LogP contribution in [0, 0.1) is 5.82 Å². The maximum Gasteiger partial charge on any atom is 0.363 e. The Hall–Kier alpha value is -2.92. The van der Waals surface area contributed by atoms with E-state index in [1.54, 1.807) is 36.4 Å². The summed E-state index contributed by atoms with van der Waals surface area (Å²) in [5, 5.41) is 0.590. The average Bonchev–Trinajstić information content (AvgIpc) is 2.95. The van der Waals surface area contributed by atoms with Crippen LogP contribution in [0.1, 0.15) is 11.1 Å². The minimum Gasteiger partial charge on any atom is -0.488 e. The smallest absolute Gasteiger partial charge is 0.363 e. The van der Waals surface area contributed by atoms with Gasteiger partial charge in [0.1, 0.15) is 18.2 Å². The van der Waals surface area contributed by atoms with E-state index in [1.165, 1.54) is 12.1 Å². The Morgan fingerprint density at radius 3 is 2.88 bits per heavy atom. The summed E-state index contributed by atoms with van der Waals surface area (Å²) in [7, 11) is 0. The molecule has 2 heterocycles. The average molecular weight is 356 g/mol. The lowest BCUT2D eigenvalue weighted by atomic mass is 10.1. The van der Waals surface area contributed by atoms with Crippen LogP contribution in [-0.4, -0.2) is 18.5 Å². The minimum absolute atomic E-state index is 0.0462. The first kappa shape index (κ1) is 15.6. The van der Waals surface area contributed by atoms with Gasteiger partial charge in [0, 0.05) is 10.6 Å². The van der Waals surface area contributed by atoms with Gasteiger partial charge in [0.2, 0.25) is 5.90 Å². The van der Waals surface area contributed by atoms with Crippen molar-refractivity contribution in [2.24, 2.45) is 4.99 Å². The standard InChI is InChI=1S/C19H11ClFNO3/c20-13-5-6-17-12(9-13)7-11(10-24-17)8-16-19(23)25-18(22-16)14-3-1-2-4-15(14)21/h1-9H,10H2. The summed E-state index contributed by atoms with van der Waals surface area (Å²) in [6.45, 7) is 0.288. The molecular formula is C19H11ClFNO3. The Morgan fingerprint density at radius 2 is 2.04 bits per heavy atom. The van der Waals surface area contributed by atoms with Crippen LogP contribution in [0.2, 0.25) is 5.02 Å². The van der Waals surface area contributed by atoms with Crippen LogP contribution in [0.25, 0.3) is 6.08 Å². The van der Waals surface area contributed by atoms with Crippen LogP contribution in [0.4, 0.5) is 4.39 Å². The van der Waals surface area contributed by atoms with E-state index in [0.29, 0.717) is 5.02 Å². The molecule has 6 heteroatoms. The van der Waals surface area contributed by atoms with Crippen molar-refractivity contribution in [3.63, 3.8) is 0 Å². The van der Waals surface area contributed by atoms with Gasteiger partial charge in [-0.05, 0) is 48.1 Å². The van der Waals surface area contributed by atoms with Gasteiger partial charge >= 0.3 is 5.97 Å². The number of esters is 1. The van der Waals surface area contributed by atoms with Crippen molar-refractivity contribution in [2.75, 3.05) is 6.61 Å². The lowest BCUT2D eigenvalue weighted by molar-refractivity contribution is -0.130. The SMILES string of the molecule is O=C1OC(c2ccccc2F)=NC1=CC1=Cc2cc(Cl)ccc2OC1. The number of aliphatic imine (C=N–C) groups is 1. The molecule has 2 aliphatic rings. The summed E-state index contributed by atoms with van der Waals surface area (Å²) in [6.07, 6.45) is 3.43. The highest BCUT2D eigenvalue weighted by molar-refractivity contribution is 6.30. The quantitative estimate of drug-likeness (QED) is 0.601. The maximum absolute atomic E-state index is 13.8. The molecule has 0 N–H and O–H groups in total. The van der Waals surface area contributed by atoms with Crippen molar-refractivity contribution < 1.29 is 18.7 Å². The Morgan fingerprint density at radius 1 is 1.20 bits per heavy atom. The number of rotatable bonds is 2. The molecule has 0 spiro atoms. The number of halogens is 2. The third-order valence-corrected chi connectivity index (χ3v) is 3.99. The van der Waals surface area contributed by atoms with Gasteiger partial charge in [0.15, 0.2) is 5.70 Å². The highest BCUT2D eigenvalue weighted by Gasteiger charge is 2.26. The summed E-state index contributed by atoms with van der Waals surface area (Å²) in [5.41, 5.74) is 1.79. The number of fused-ring (bicyclic) bond motifs is 1. The Balaban J connectivity index is 1.68. The molecule has 0 unspecified atom stereocenters. The van der Waals surface area contributed by atoms with Crippen molar-refractivity contribution >= 4 is 29.5 Å². The fraction of sp³-hybridized carbons (Fsp3) is 0.0526. The van der Waals surface area contributed by atoms with Crippen molar-refractivity contribution in [3.05, 3.63) is 81.8 Å². The van der Waals surface area contributed by atoms with Crippen molar-refractivity contribution in [3.8, 4) is 5.75 Å². The third kappa shape index (κ3) is 3.06. The van der Waals surface area contributed by atoms with Gasteiger partial charge in [-0.15, -0.1) is 0 Å². The van der Waals surface area contributed by atoms with Gasteiger partial charge in [-0.3, -0.25) is 0 Å². The van der Waals surface area contributed by atoms with E-state index in [9.17, 15) is 9.18 Å². The number of carbonyl (C=O) groups excluding carboxylic acids is 1. The lowest BCUT2D eigenvalue weighted by Gasteiger charge is -2.16. The molecule has 0 amide bonds. The number of ether oxygens (including phenoxy) is 2. The molecule has 2 aromatic carbocycles. The second-order valence-electron chi connectivity index (χ2n) is 5.51. The highest BCUT2D eigenvalue weighted by atomic mass is 35.5. The number of nitrogens with zero attached hydrogens (tertiary/aromatic N) is 1. The van der Waals surface area contributed by atoms with Crippen molar-refractivity contribution in [1.29, 1.82) is 0 Å². The number of carbonyl (C=O) groups is 1. The molecule has 0 saturated heterocycles. The van der Waals surface area contributed by atoms with Gasteiger partial charge < -0.3 is 9.47 Å². The fourth-order valence-electron chi connectivity index (χ4n) is 2.58. The molecule has 25 heavy (non-hydrogen) atoms. The first-order chi connectivity index (χ1) is 12.1. The van der Waals surface area contributed by atoms with Crippen LogP contribution < -0.4 is 4.74 Å². The summed E-state index contributed by atoms with van der Waals surface area (Å²) in [4.78, 5) is 16.1. The zero-order chi connectivity index (χ0) is 17.4. The molecule has 2 aliphatic heterocycles. The number of hydrogen-bond acceptors (Lipinski definition) is 4. The minimum atomic E-state index is -0.629. The molecule has 4 rings (SSSR count). The number of cyclic esters (lactones) is 1. The first-order valence-corrected chi connectivity index (χ1v) is 7.88. The van der Waals surface area contributed by atoms with Gasteiger partial charge in [-0.1, -0.05) is 23.7 Å². The lowest BCUT2D eigenvalue weighted by Crippen LogP contribution is -2.08. The summed E-state index contributed by atoms with van der Waals surface area (Å²) in [6, 6.07) is 11.3. The molecule has 0 aliphatic carbocycles. The van der Waals surface area contributed by atoms with Gasteiger partial charge in [0.25, 0.3) is 0 Å². The molecule has 0 radical (unpaired) electrons. The molecule has 4 nitrogen and oxygen atoms in total. The zero-order valence-electron chi connectivity index (χ0n) is 12.8. The van der Waals surface area contributed by atoms with Crippen LogP contribution in [0.3, 0.4) is 0 Å². The topological polar surface area (TPSA) is 47.9 Å². The molecular weight excluding hydrogens is 345 g/mol. The molecule has 0 saturated carbocycles. The maximum atomic E-state index is 13.8. The Bertz CT molecular complexity index is 978. The van der Waals surface area contributed by atoms with Crippen LogP contribution in [0.15, 0.2) is 64.8 Å². The second-order valence-corrected chi connectivity index (χ2v) is 5.94. The van der Waals surface area contributed by atoms with Crippen molar-refractivity contribution in [2.45, 2.75) is 0 Å². The van der Waals surface area contributed by atoms with E-state index in [-0.39, 0.29) is 23.8 Å². The van der Waals surface area contributed by atoms with E-state index in [4.69, 9.17) is 21.1 Å². The molecule has 0 bridgehead atoms. The summed E-state index contributed by atoms with van der Waals surface area (Å²) in [5.74, 6) is -0.457. The molecule has 124 valence electrons. The fourth-order valence-corrected chi connectivity index (χ4v) is 2.76. The van der Waals surface area contributed by atoms with Crippen LogP contribution in [-0.2, 0) is 9.53 Å². The number of benzene rings is 2. The monoisotopic (exact) mass is 355 g/mol. The molecule has 0 atom stereocenters. The van der Waals surface area contributed by atoms with E-state index in [1.807, 2.05) is 6.08 Å². The van der Waals surface area contributed by atoms with E-state index in [0.717, 1.165) is 16.9 Å². The Labute approximate surface area is 147 Å².